The number of ether oxygens (including phenoxy) is 1. The number of rotatable bonds is 4. The highest BCUT2D eigenvalue weighted by atomic mass is 32.3. The van der Waals surface area contributed by atoms with Gasteiger partial charge in [-0.2, -0.15) is 0 Å². The van der Waals surface area contributed by atoms with E-state index in [0.29, 0.717) is 13.0 Å². The second-order valence-electron chi connectivity index (χ2n) is 8.38. The van der Waals surface area contributed by atoms with Gasteiger partial charge in [-0.25, -0.2) is 19.3 Å². The summed E-state index contributed by atoms with van der Waals surface area (Å²) in [6.45, 7) is 4.10. The van der Waals surface area contributed by atoms with Crippen LogP contribution < -0.4 is 20.5 Å². The van der Waals surface area contributed by atoms with Gasteiger partial charge in [-0.05, 0) is 48.9 Å². The number of nitrogens with zero attached hydrogens (tertiary/aromatic N) is 4. The molecule has 2 unspecified atom stereocenters. The molecule has 0 saturated carbocycles. The maximum atomic E-state index is 14.9. The van der Waals surface area contributed by atoms with Crippen molar-refractivity contribution in [2.75, 3.05) is 24.7 Å². The molecule has 10 nitrogen and oxygen atoms in total. The van der Waals surface area contributed by atoms with Crippen LogP contribution in [0, 0.1) is 5.82 Å². The zero-order valence-corrected chi connectivity index (χ0v) is 18.9. The fraction of sp³-hybridized carbons (Fsp3) is 0.450. The number of carbonyl (C=O) groups excluding carboxylic acids is 1. The van der Waals surface area contributed by atoms with Crippen molar-refractivity contribution in [3.05, 3.63) is 41.7 Å². The van der Waals surface area contributed by atoms with Crippen molar-refractivity contribution in [2.24, 2.45) is 10.7 Å². The molecule has 2 aliphatic rings. The molecule has 0 aromatic carbocycles. The molecule has 2 aromatic rings. The number of anilines is 1. The van der Waals surface area contributed by atoms with E-state index in [2.05, 4.69) is 30.0 Å². The largest absolute Gasteiger partial charge is 0.480 e. The Morgan fingerprint density at radius 2 is 2.09 bits per heavy atom. The van der Waals surface area contributed by atoms with Crippen LogP contribution in [0.3, 0.4) is 0 Å². The summed E-state index contributed by atoms with van der Waals surface area (Å²) in [4.78, 5) is 29.3. The molecule has 172 valence electrons. The van der Waals surface area contributed by atoms with Gasteiger partial charge in [0.15, 0.2) is 0 Å². The van der Waals surface area contributed by atoms with E-state index in [9.17, 15) is 13.4 Å². The molecule has 4 heterocycles. The summed E-state index contributed by atoms with van der Waals surface area (Å²) in [5.74, 6) is -0.534. The second-order valence-corrected chi connectivity index (χ2v) is 11.5. The van der Waals surface area contributed by atoms with Gasteiger partial charge >= 0.3 is 0 Å². The minimum absolute atomic E-state index is 0.0382. The Bertz CT molecular complexity index is 1140. The number of aliphatic imine (C=N–C) groups is 1. The fourth-order valence-corrected chi connectivity index (χ4v) is 7.54. The Balaban J connectivity index is 1.66. The summed E-state index contributed by atoms with van der Waals surface area (Å²) >= 11 is 0. The van der Waals surface area contributed by atoms with Gasteiger partial charge in [-0.15, -0.1) is 0 Å². The van der Waals surface area contributed by atoms with Crippen molar-refractivity contribution < 1.29 is 18.1 Å². The molecule has 0 spiro atoms. The number of thiol groups is 1. The molecule has 2 aliphatic heterocycles. The number of fused-ring (bicyclic) bond motifs is 1. The van der Waals surface area contributed by atoms with Gasteiger partial charge in [0, 0.05) is 12.3 Å². The zero-order valence-electron chi connectivity index (χ0n) is 18.1. The zero-order chi connectivity index (χ0) is 23.1. The molecular formula is C20H26FN7O3S. The molecule has 12 heteroatoms. The number of nitrogens with two attached hydrogens (primary N) is 1. The van der Waals surface area contributed by atoms with Crippen LogP contribution >= 0.6 is 0 Å². The smallest absolute Gasteiger partial charge is 0.277 e. The summed E-state index contributed by atoms with van der Waals surface area (Å²) in [6, 6.07) is 2.52. The van der Waals surface area contributed by atoms with E-state index in [1.807, 2.05) is 6.92 Å². The first-order valence-corrected chi connectivity index (χ1v) is 12.0. The standard InChI is InChI=1S/C20H26FN7O3S/c1-19(11-32(30)20(2,18(22)28-19)7-4-8-25-32)16-12(21)5-6-14(26-16)27-17(29)13-9-24-15(31-3)10-23-13/h5-6,9-10,32H,4,7-8,11H2,1-3H3,(H2,22,28)(H,25,30)(H,26,27,29). The lowest BCUT2D eigenvalue weighted by Gasteiger charge is -2.52. The summed E-state index contributed by atoms with van der Waals surface area (Å²) in [6.07, 6.45) is 4.05. The number of hydrogen-bond acceptors (Lipinski definition) is 8. The van der Waals surface area contributed by atoms with Crippen molar-refractivity contribution in [3.63, 3.8) is 0 Å². The lowest BCUT2D eigenvalue weighted by atomic mass is 9.96. The number of amidine groups is 1. The van der Waals surface area contributed by atoms with Crippen LogP contribution in [0.2, 0.25) is 0 Å². The second kappa shape index (κ2) is 7.85. The SMILES string of the molecule is COc1cnc(C(=O)Nc2ccc(F)c(C3(C)C[SH]4(=O)NCCCC4(C)C(N)=N3)n2)cn1. The normalized spacial score (nSPS) is 27.6. The summed E-state index contributed by atoms with van der Waals surface area (Å²) < 4.78 is 36.0. The van der Waals surface area contributed by atoms with E-state index in [-0.39, 0.29) is 34.7 Å². The molecule has 2 atom stereocenters. The van der Waals surface area contributed by atoms with Gasteiger partial charge in [0.2, 0.25) is 5.88 Å². The van der Waals surface area contributed by atoms with Gasteiger partial charge in [0.1, 0.15) is 34.4 Å². The van der Waals surface area contributed by atoms with Crippen LogP contribution in [0.5, 0.6) is 5.88 Å². The first-order valence-electron chi connectivity index (χ1n) is 10.1. The van der Waals surface area contributed by atoms with E-state index < -0.39 is 32.1 Å². The van der Waals surface area contributed by atoms with E-state index in [1.54, 1.807) is 6.92 Å². The van der Waals surface area contributed by atoms with Crippen LogP contribution in [0.25, 0.3) is 0 Å². The van der Waals surface area contributed by atoms with E-state index in [1.165, 1.54) is 31.6 Å². The van der Waals surface area contributed by atoms with Crippen molar-refractivity contribution in [2.45, 2.75) is 37.0 Å². The van der Waals surface area contributed by atoms with Crippen LogP contribution in [0.4, 0.5) is 10.2 Å². The fourth-order valence-electron chi connectivity index (χ4n) is 4.18. The Kier molecular flexibility index (Phi) is 5.45. The maximum Gasteiger partial charge on any atom is 0.277 e. The highest BCUT2D eigenvalue weighted by Crippen LogP contribution is 2.43. The number of aromatic nitrogens is 3. The van der Waals surface area contributed by atoms with Crippen LogP contribution in [0.15, 0.2) is 29.5 Å². The maximum absolute atomic E-state index is 14.9. The number of carbonyl (C=O) groups is 1. The van der Waals surface area contributed by atoms with Crippen molar-refractivity contribution in [1.29, 1.82) is 0 Å². The summed E-state index contributed by atoms with van der Waals surface area (Å²) in [5, 5.41) is 2.58. The van der Waals surface area contributed by atoms with Gasteiger partial charge in [0.05, 0.1) is 24.3 Å². The van der Waals surface area contributed by atoms with Crippen LogP contribution in [-0.2, 0) is 15.7 Å². The molecule has 32 heavy (non-hydrogen) atoms. The summed E-state index contributed by atoms with van der Waals surface area (Å²) in [5.41, 5.74) is 5.03. The molecule has 1 fully saturated rings. The Hall–Kier alpha value is -2.99. The predicted molar refractivity (Wildman–Crippen MR) is 120 cm³/mol. The third kappa shape index (κ3) is 3.62. The van der Waals surface area contributed by atoms with Gasteiger partial charge in [0.25, 0.3) is 5.91 Å². The minimum Gasteiger partial charge on any atom is -0.480 e. The number of pyridine rings is 1. The van der Waals surface area contributed by atoms with Gasteiger partial charge in [-0.1, -0.05) is 0 Å². The Morgan fingerprint density at radius 1 is 1.31 bits per heavy atom. The Labute approximate surface area is 185 Å². The lowest BCUT2D eigenvalue weighted by Crippen LogP contribution is -2.67. The average molecular weight is 464 g/mol. The molecular weight excluding hydrogens is 437 g/mol. The predicted octanol–water partition coefficient (Wildman–Crippen LogP) is 0.931. The first-order chi connectivity index (χ1) is 15.1. The Morgan fingerprint density at radius 3 is 2.78 bits per heavy atom. The van der Waals surface area contributed by atoms with Crippen molar-refractivity contribution in [1.82, 2.24) is 19.7 Å². The van der Waals surface area contributed by atoms with E-state index in [0.717, 1.165) is 6.42 Å². The lowest BCUT2D eigenvalue weighted by molar-refractivity contribution is 0.102. The number of hydrogen-bond donors (Lipinski definition) is 4. The third-order valence-electron chi connectivity index (χ3n) is 6.12. The number of nitrogens with one attached hydrogen (secondary N) is 2. The van der Waals surface area contributed by atoms with Crippen LogP contribution in [0.1, 0.15) is 42.9 Å². The minimum atomic E-state index is -3.02. The van der Waals surface area contributed by atoms with Crippen molar-refractivity contribution >= 4 is 27.7 Å². The van der Waals surface area contributed by atoms with Crippen LogP contribution in [-0.4, -0.2) is 55.1 Å². The van der Waals surface area contributed by atoms with E-state index in [4.69, 9.17) is 10.5 Å². The first kappa shape index (κ1) is 22.2. The molecule has 4 N–H and O–H groups in total. The monoisotopic (exact) mass is 463 g/mol. The quantitative estimate of drug-likeness (QED) is 0.494. The molecule has 1 saturated heterocycles. The number of amides is 1. The highest BCUT2D eigenvalue weighted by molar-refractivity contribution is 8.03. The molecule has 4 rings (SSSR count). The van der Waals surface area contributed by atoms with Gasteiger partial charge in [-0.3, -0.25) is 18.7 Å². The molecule has 0 aliphatic carbocycles. The molecule has 0 bridgehead atoms. The number of halogens is 1. The molecule has 2 aromatic heterocycles. The van der Waals surface area contributed by atoms with E-state index >= 15 is 0 Å². The highest BCUT2D eigenvalue weighted by Gasteiger charge is 2.53. The third-order valence-corrected chi connectivity index (χ3v) is 9.96. The van der Waals surface area contributed by atoms with Gasteiger partial charge < -0.3 is 15.8 Å². The average Bonchev–Trinajstić information content (AvgIpc) is 2.76. The number of methoxy groups -OCH3 is 1. The molecule has 0 radical (unpaired) electrons. The molecule has 1 amide bonds. The topological polar surface area (TPSA) is 144 Å². The summed E-state index contributed by atoms with van der Waals surface area (Å²) in [7, 11) is -1.58. The van der Waals surface area contributed by atoms with Crippen molar-refractivity contribution in [3.8, 4) is 5.88 Å².